The molecule has 1 saturated heterocycles. The Balaban J connectivity index is 2.35. The minimum atomic E-state index is -0.0300. The second-order valence-corrected chi connectivity index (χ2v) is 3.72. The SMILES string of the molecule is CCCC(=O)N1CCN(C(=O)CN)CC1. The van der Waals surface area contributed by atoms with Gasteiger partial charge in [-0.25, -0.2) is 0 Å². The lowest BCUT2D eigenvalue weighted by Gasteiger charge is -2.34. The third kappa shape index (κ3) is 3.20. The summed E-state index contributed by atoms with van der Waals surface area (Å²) in [6, 6.07) is 0. The molecular weight excluding hydrogens is 194 g/mol. The molecule has 0 aliphatic carbocycles. The molecule has 0 aromatic carbocycles. The highest BCUT2D eigenvalue weighted by molar-refractivity contribution is 5.79. The fraction of sp³-hybridized carbons (Fsp3) is 0.800. The maximum atomic E-state index is 11.5. The predicted octanol–water partition coefficient (Wildman–Crippen LogP) is -0.584. The number of carbonyl (C=O) groups is 2. The van der Waals surface area contributed by atoms with Gasteiger partial charge in [-0.1, -0.05) is 6.92 Å². The Hall–Kier alpha value is -1.10. The first-order chi connectivity index (χ1) is 7.19. The highest BCUT2D eigenvalue weighted by Gasteiger charge is 2.22. The van der Waals surface area contributed by atoms with Gasteiger partial charge in [0.1, 0.15) is 0 Å². The molecule has 0 bridgehead atoms. The summed E-state index contributed by atoms with van der Waals surface area (Å²) in [5, 5.41) is 0. The Morgan fingerprint density at radius 3 is 1.93 bits per heavy atom. The van der Waals surface area contributed by atoms with Gasteiger partial charge in [0.05, 0.1) is 6.54 Å². The van der Waals surface area contributed by atoms with Crippen LogP contribution in [0.1, 0.15) is 19.8 Å². The monoisotopic (exact) mass is 213 g/mol. The molecule has 5 nitrogen and oxygen atoms in total. The van der Waals surface area contributed by atoms with E-state index in [4.69, 9.17) is 5.73 Å². The zero-order valence-electron chi connectivity index (χ0n) is 9.24. The van der Waals surface area contributed by atoms with Crippen LogP contribution in [0.25, 0.3) is 0 Å². The van der Waals surface area contributed by atoms with Crippen molar-refractivity contribution in [2.24, 2.45) is 5.73 Å². The lowest BCUT2D eigenvalue weighted by molar-refractivity contribution is -0.138. The Morgan fingerprint density at radius 1 is 1.07 bits per heavy atom. The van der Waals surface area contributed by atoms with Crippen molar-refractivity contribution in [3.63, 3.8) is 0 Å². The maximum absolute atomic E-state index is 11.5. The smallest absolute Gasteiger partial charge is 0.236 e. The fourth-order valence-corrected chi connectivity index (χ4v) is 1.71. The normalized spacial score (nSPS) is 16.7. The molecule has 0 spiro atoms. The summed E-state index contributed by atoms with van der Waals surface area (Å²) in [4.78, 5) is 26.3. The summed E-state index contributed by atoms with van der Waals surface area (Å²) in [6.45, 7) is 4.57. The molecule has 0 unspecified atom stereocenters. The summed E-state index contributed by atoms with van der Waals surface area (Å²) < 4.78 is 0. The Bertz CT molecular complexity index is 235. The van der Waals surface area contributed by atoms with Gasteiger partial charge in [-0.05, 0) is 6.42 Å². The molecule has 1 fully saturated rings. The average molecular weight is 213 g/mol. The van der Waals surface area contributed by atoms with Crippen LogP contribution in [0.2, 0.25) is 0 Å². The molecule has 15 heavy (non-hydrogen) atoms. The van der Waals surface area contributed by atoms with Crippen molar-refractivity contribution in [1.29, 1.82) is 0 Å². The van der Waals surface area contributed by atoms with Gasteiger partial charge in [-0.2, -0.15) is 0 Å². The van der Waals surface area contributed by atoms with Gasteiger partial charge in [-0.15, -0.1) is 0 Å². The van der Waals surface area contributed by atoms with Gasteiger partial charge in [0.25, 0.3) is 0 Å². The summed E-state index contributed by atoms with van der Waals surface area (Å²) in [6.07, 6.45) is 1.48. The van der Waals surface area contributed by atoms with E-state index in [1.54, 1.807) is 4.90 Å². The van der Waals surface area contributed by atoms with E-state index in [9.17, 15) is 9.59 Å². The number of carbonyl (C=O) groups excluding carboxylic acids is 2. The molecule has 2 N–H and O–H groups in total. The van der Waals surface area contributed by atoms with Gasteiger partial charge in [0.2, 0.25) is 11.8 Å². The van der Waals surface area contributed by atoms with Crippen molar-refractivity contribution in [3.05, 3.63) is 0 Å². The molecule has 1 aliphatic heterocycles. The average Bonchev–Trinajstić information content (AvgIpc) is 2.28. The lowest BCUT2D eigenvalue weighted by atomic mass is 10.2. The van der Waals surface area contributed by atoms with E-state index in [1.807, 2.05) is 11.8 Å². The van der Waals surface area contributed by atoms with Crippen molar-refractivity contribution in [3.8, 4) is 0 Å². The minimum absolute atomic E-state index is 0.0300. The van der Waals surface area contributed by atoms with E-state index in [0.717, 1.165) is 6.42 Å². The second kappa shape index (κ2) is 5.70. The molecule has 0 atom stereocenters. The number of nitrogens with two attached hydrogens (primary N) is 1. The Labute approximate surface area is 90.2 Å². The first-order valence-corrected chi connectivity index (χ1v) is 5.44. The largest absolute Gasteiger partial charge is 0.339 e. The van der Waals surface area contributed by atoms with Crippen LogP contribution in [0, 0.1) is 0 Å². The zero-order valence-corrected chi connectivity index (χ0v) is 9.24. The predicted molar refractivity (Wildman–Crippen MR) is 57.1 cm³/mol. The van der Waals surface area contributed by atoms with Gasteiger partial charge in [0.15, 0.2) is 0 Å². The topological polar surface area (TPSA) is 66.6 Å². The Morgan fingerprint density at radius 2 is 1.53 bits per heavy atom. The molecule has 0 aromatic heterocycles. The van der Waals surface area contributed by atoms with Gasteiger partial charge >= 0.3 is 0 Å². The van der Waals surface area contributed by atoms with Crippen molar-refractivity contribution in [1.82, 2.24) is 9.80 Å². The minimum Gasteiger partial charge on any atom is -0.339 e. The number of amides is 2. The van der Waals surface area contributed by atoms with Crippen molar-refractivity contribution in [2.75, 3.05) is 32.7 Å². The van der Waals surface area contributed by atoms with Crippen LogP contribution in [0.3, 0.4) is 0 Å². The number of hydrogen-bond donors (Lipinski definition) is 1. The molecule has 0 radical (unpaired) electrons. The van der Waals surface area contributed by atoms with E-state index in [1.165, 1.54) is 0 Å². The zero-order chi connectivity index (χ0) is 11.3. The molecule has 0 aromatic rings. The summed E-state index contributed by atoms with van der Waals surface area (Å²) in [5.41, 5.74) is 5.27. The first-order valence-electron chi connectivity index (χ1n) is 5.44. The van der Waals surface area contributed by atoms with Crippen molar-refractivity contribution in [2.45, 2.75) is 19.8 Å². The number of nitrogens with zero attached hydrogens (tertiary/aromatic N) is 2. The van der Waals surface area contributed by atoms with Crippen LogP contribution in [0.5, 0.6) is 0 Å². The van der Waals surface area contributed by atoms with Crippen LogP contribution in [-0.4, -0.2) is 54.3 Å². The summed E-state index contributed by atoms with van der Waals surface area (Å²) >= 11 is 0. The molecule has 5 heteroatoms. The fourth-order valence-electron chi connectivity index (χ4n) is 1.71. The maximum Gasteiger partial charge on any atom is 0.236 e. The third-order valence-electron chi connectivity index (χ3n) is 2.62. The lowest BCUT2D eigenvalue weighted by Crippen LogP contribution is -2.51. The van der Waals surface area contributed by atoms with E-state index in [-0.39, 0.29) is 18.4 Å². The van der Waals surface area contributed by atoms with E-state index in [2.05, 4.69) is 0 Å². The second-order valence-electron chi connectivity index (χ2n) is 3.72. The molecule has 1 heterocycles. The van der Waals surface area contributed by atoms with Crippen molar-refractivity contribution < 1.29 is 9.59 Å². The molecule has 1 aliphatic rings. The third-order valence-corrected chi connectivity index (χ3v) is 2.62. The standard InChI is InChI=1S/C10H19N3O2/c1-2-3-9(14)12-4-6-13(7-5-12)10(15)8-11/h2-8,11H2,1H3. The van der Waals surface area contributed by atoms with E-state index in [0.29, 0.717) is 32.6 Å². The summed E-state index contributed by atoms with van der Waals surface area (Å²) in [7, 11) is 0. The van der Waals surface area contributed by atoms with Crippen LogP contribution in [0.15, 0.2) is 0 Å². The summed E-state index contributed by atoms with van der Waals surface area (Å²) in [5.74, 6) is 0.162. The molecule has 0 saturated carbocycles. The quantitative estimate of drug-likeness (QED) is 0.682. The van der Waals surface area contributed by atoms with Crippen LogP contribution in [0.4, 0.5) is 0 Å². The van der Waals surface area contributed by atoms with Crippen LogP contribution < -0.4 is 5.73 Å². The molecule has 2 amide bonds. The Kier molecular flexibility index (Phi) is 4.55. The van der Waals surface area contributed by atoms with Gasteiger partial charge in [0, 0.05) is 32.6 Å². The molecular formula is C10H19N3O2. The van der Waals surface area contributed by atoms with Crippen LogP contribution >= 0.6 is 0 Å². The van der Waals surface area contributed by atoms with E-state index >= 15 is 0 Å². The van der Waals surface area contributed by atoms with Gasteiger partial charge in [-0.3, -0.25) is 9.59 Å². The molecule has 1 rings (SSSR count). The van der Waals surface area contributed by atoms with Crippen LogP contribution in [-0.2, 0) is 9.59 Å². The first kappa shape index (κ1) is 12.0. The highest BCUT2D eigenvalue weighted by Crippen LogP contribution is 2.04. The van der Waals surface area contributed by atoms with E-state index < -0.39 is 0 Å². The van der Waals surface area contributed by atoms with Gasteiger partial charge < -0.3 is 15.5 Å². The van der Waals surface area contributed by atoms with Crippen molar-refractivity contribution >= 4 is 11.8 Å². The molecule has 86 valence electrons. The number of hydrogen-bond acceptors (Lipinski definition) is 3. The number of piperazine rings is 1. The highest BCUT2D eigenvalue weighted by atomic mass is 16.2. The number of rotatable bonds is 3.